The fourth-order valence-corrected chi connectivity index (χ4v) is 7.06. The zero-order valence-electron chi connectivity index (χ0n) is 24.4. The Hall–Kier alpha value is -6.17. The van der Waals surface area contributed by atoms with Crippen molar-refractivity contribution in [3.05, 3.63) is 169 Å². The van der Waals surface area contributed by atoms with Crippen LogP contribution in [0.25, 0.3) is 86.9 Å². The lowest BCUT2D eigenvalue weighted by Gasteiger charge is -2.13. The van der Waals surface area contributed by atoms with Crippen LogP contribution in [0.15, 0.2) is 158 Å². The molecule has 0 atom stereocenters. The van der Waals surface area contributed by atoms with E-state index < -0.39 is 0 Å². The highest BCUT2D eigenvalue weighted by Crippen LogP contribution is 2.40. The van der Waals surface area contributed by atoms with Crippen molar-refractivity contribution in [2.24, 2.45) is 0 Å². The lowest BCUT2D eigenvalue weighted by Crippen LogP contribution is -1.92. The first-order chi connectivity index (χ1) is 22.3. The molecule has 0 fully saturated rings. The molecule has 0 amide bonds. The number of nitrogens with zero attached hydrogens (tertiary/aromatic N) is 2. The summed E-state index contributed by atoms with van der Waals surface area (Å²) in [7, 11) is 0. The average Bonchev–Trinajstić information content (AvgIpc) is 3.44. The van der Waals surface area contributed by atoms with Crippen LogP contribution < -0.4 is 0 Å². The van der Waals surface area contributed by atoms with Crippen LogP contribution in [0.4, 0.5) is 5.69 Å². The summed E-state index contributed by atoms with van der Waals surface area (Å²) in [5, 5.41) is 9.89. The Morgan fingerprint density at radius 2 is 1.02 bits per heavy atom. The molecule has 0 aliphatic carbocycles. The van der Waals surface area contributed by atoms with E-state index in [4.69, 9.17) is 6.57 Å². The van der Waals surface area contributed by atoms with Crippen LogP contribution in [0, 0.1) is 6.57 Å². The molecule has 9 aromatic rings. The van der Waals surface area contributed by atoms with Gasteiger partial charge >= 0.3 is 0 Å². The Labute approximate surface area is 260 Å². The normalized spacial score (nSPS) is 11.5. The number of para-hydroxylation sites is 1. The molecule has 45 heavy (non-hydrogen) atoms. The minimum atomic E-state index is 0.653. The molecule has 2 heteroatoms. The minimum absolute atomic E-state index is 0.653. The predicted octanol–water partition coefficient (Wildman–Crippen LogP) is 12.1. The number of hydrogen-bond acceptors (Lipinski definition) is 0. The second-order valence-electron chi connectivity index (χ2n) is 11.6. The Bertz CT molecular complexity index is 2640. The molecule has 0 unspecified atom stereocenters. The number of aromatic nitrogens is 1. The lowest BCUT2D eigenvalue weighted by molar-refractivity contribution is 1.18. The van der Waals surface area contributed by atoms with E-state index in [9.17, 15) is 0 Å². The highest BCUT2D eigenvalue weighted by Gasteiger charge is 2.15. The minimum Gasteiger partial charge on any atom is -0.309 e. The first-order valence-electron chi connectivity index (χ1n) is 15.2. The largest absolute Gasteiger partial charge is 0.309 e. The topological polar surface area (TPSA) is 9.29 Å². The fourth-order valence-electron chi connectivity index (χ4n) is 7.06. The summed E-state index contributed by atoms with van der Waals surface area (Å²) >= 11 is 0. The maximum Gasteiger partial charge on any atom is 0.188 e. The molecule has 0 spiro atoms. The van der Waals surface area contributed by atoms with Gasteiger partial charge in [0.25, 0.3) is 0 Å². The number of fused-ring (bicyclic) bond motifs is 8. The monoisotopic (exact) mass is 570 g/mol. The number of hydrogen-bond donors (Lipinski definition) is 0. The summed E-state index contributed by atoms with van der Waals surface area (Å²) in [5.74, 6) is 0. The van der Waals surface area contributed by atoms with Gasteiger partial charge in [0.2, 0.25) is 0 Å². The lowest BCUT2D eigenvalue weighted by atomic mass is 9.90. The van der Waals surface area contributed by atoms with E-state index in [0.717, 1.165) is 38.6 Å². The van der Waals surface area contributed by atoms with Crippen LogP contribution >= 0.6 is 0 Å². The van der Waals surface area contributed by atoms with Crippen molar-refractivity contribution in [2.45, 2.75) is 0 Å². The van der Waals surface area contributed by atoms with Crippen molar-refractivity contribution in [1.29, 1.82) is 0 Å². The van der Waals surface area contributed by atoms with Gasteiger partial charge in [-0.05, 0) is 102 Å². The van der Waals surface area contributed by atoms with Gasteiger partial charge < -0.3 is 4.57 Å². The summed E-state index contributed by atoms with van der Waals surface area (Å²) in [4.78, 5) is 3.73. The van der Waals surface area contributed by atoms with Gasteiger partial charge in [-0.1, -0.05) is 115 Å². The van der Waals surface area contributed by atoms with Gasteiger partial charge in [-0.3, -0.25) is 0 Å². The van der Waals surface area contributed by atoms with Gasteiger partial charge in [0.15, 0.2) is 5.69 Å². The molecule has 208 valence electrons. The van der Waals surface area contributed by atoms with Crippen molar-refractivity contribution in [1.82, 2.24) is 4.57 Å². The van der Waals surface area contributed by atoms with E-state index in [1.54, 1.807) is 0 Å². The molecule has 0 N–H and O–H groups in total. The molecule has 8 aromatic carbocycles. The van der Waals surface area contributed by atoms with E-state index in [1.807, 2.05) is 18.2 Å². The summed E-state index contributed by atoms with van der Waals surface area (Å²) < 4.78 is 2.29. The van der Waals surface area contributed by atoms with Crippen LogP contribution in [0.5, 0.6) is 0 Å². The third kappa shape index (κ3) is 3.95. The SMILES string of the molecule is [C-]#[N+]c1ccc2c(c1)c1cc(-c3ccc(-c4cc5c6ccccc6ccc5c5ccccc45)cc3)ccc1n2-c1ccccc1. The van der Waals surface area contributed by atoms with Gasteiger partial charge in [-0.2, -0.15) is 0 Å². The fraction of sp³-hybridized carbons (Fsp3) is 0. The van der Waals surface area contributed by atoms with Gasteiger partial charge in [0, 0.05) is 11.1 Å². The second kappa shape index (κ2) is 9.95. The smallest absolute Gasteiger partial charge is 0.188 e. The summed E-state index contributed by atoms with van der Waals surface area (Å²) in [6.07, 6.45) is 0. The molecular weight excluding hydrogens is 544 g/mol. The molecule has 0 saturated carbocycles. The zero-order valence-corrected chi connectivity index (χ0v) is 24.4. The Morgan fingerprint density at radius 3 is 1.82 bits per heavy atom. The van der Waals surface area contributed by atoms with Crippen LogP contribution in [-0.2, 0) is 0 Å². The third-order valence-electron chi connectivity index (χ3n) is 9.19. The average molecular weight is 571 g/mol. The van der Waals surface area contributed by atoms with Crippen molar-refractivity contribution in [2.75, 3.05) is 0 Å². The van der Waals surface area contributed by atoms with Gasteiger partial charge in [0.05, 0.1) is 17.6 Å². The quantitative estimate of drug-likeness (QED) is 0.148. The number of benzene rings is 8. The molecule has 2 nitrogen and oxygen atoms in total. The highest BCUT2D eigenvalue weighted by molar-refractivity contribution is 6.21. The molecule has 0 aliphatic rings. The Balaban J connectivity index is 1.20. The molecule has 9 rings (SSSR count). The van der Waals surface area contributed by atoms with Crippen molar-refractivity contribution < 1.29 is 0 Å². The van der Waals surface area contributed by atoms with Crippen molar-refractivity contribution in [3.8, 4) is 27.9 Å². The van der Waals surface area contributed by atoms with E-state index >= 15 is 0 Å². The maximum absolute atomic E-state index is 7.62. The first-order valence-corrected chi connectivity index (χ1v) is 15.2. The van der Waals surface area contributed by atoms with E-state index in [2.05, 4.69) is 149 Å². The molecule has 0 radical (unpaired) electrons. The Kier molecular flexibility index (Phi) is 5.60. The van der Waals surface area contributed by atoms with Crippen molar-refractivity contribution >= 4 is 59.8 Å². The van der Waals surface area contributed by atoms with Gasteiger partial charge in [0.1, 0.15) is 0 Å². The summed E-state index contributed by atoms with van der Waals surface area (Å²) in [6, 6.07) is 56.4. The molecule has 0 bridgehead atoms. The van der Waals surface area contributed by atoms with Crippen LogP contribution in [-0.4, -0.2) is 4.57 Å². The zero-order chi connectivity index (χ0) is 29.9. The summed E-state index contributed by atoms with van der Waals surface area (Å²) in [6.45, 7) is 7.62. The van der Waals surface area contributed by atoms with Crippen molar-refractivity contribution in [3.63, 3.8) is 0 Å². The first kappa shape index (κ1) is 25.3. The second-order valence-corrected chi connectivity index (χ2v) is 11.6. The molecule has 0 saturated heterocycles. The summed E-state index contributed by atoms with van der Waals surface area (Å²) in [5.41, 5.74) is 8.77. The molecular formula is C43H26N2. The predicted molar refractivity (Wildman–Crippen MR) is 190 cm³/mol. The highest BCUT2D eigenvalue weighted by atomic mass is 15.0. The van der Waals surface area contributed by atoms with Gasteiger partial charge in [-0.15, -0.1) is 0 Å². The standard InChI is InChI=1S/C43H26N2/c1-44-32-21-24-43-41(26-32)40-25-31(20-23-42(40)45(43)33-10-3-2-4-11-33)28-15-17-30(18-16-28)38-27-39-34-12-6-5-9-29(34)19-22-37(39)35-13-7-8-14-36(35)38/h2-27H. The van der Waals surface area contributed by atoms with Gasteiger partial charge in [-0.25, -0.2) is 4.85 Å². The van der Waals surface area contributed by atoms with E-state index in [0.29, 0.717) is 5.69 Å². The third-order valence-corrected chi connectivity index (χ3v) is 9.19. The van der Waals surface area contributed by atoms with Crippen LogP contribution in [0.1, 0.15) is 0 Å². The molecule has 0 aliphatic heterocycles. The molecule has 1 aromatic heterocycles. The molecule has 1 heterocycles. The van der Waals surface area contributed by atoms with E-state index in [1.165, 1.54) is 43.4 Å². The van der Waals surface area contributed by atoms with Crippen LogP contribution in [0.2, 0.25) is 0 Å². The number of rotatable bonds is 3. The van der Waals surface area contributed by atoms with E-state index in [-0.39, 0.29) is 0 Å². The van der Waals surface area contributed by atoms with Crippen LogP contribution in [0.3, 0.4) is 0 Å². The Morgan fingerprint density at radius 1 is 0.400 bits per heavy atom. The maximum atomic E-state index is 7.62.